The summed E-state index contributed by atoms with van der Waals surface area (Å²) in [6, 6.07) is 4.46. The molecular formula is C23H32N6OS. The highest BCUT2D eigenvalue weighted by atomic mass is 32.2. The van der Waals surface area contributed by atoms with Crippen LogP contribution in [0, 0.1) is 0 Å². The van der Waals surface area contributed by atoms with Gasteiger partial charge in [0.25, 0.3) is 5.56 Å². The van der Waals surface area contributed by atoms with Crippen LogP contribution in [-0.2, 0) is 31.6 Å². The Balaban J connectivity index is 1.20. The van der Waals surface area contributed by atoms with Crippen molar-refractivity contribution >= 4 is 17.6 Å². The van der Waals surface area contributed by atoms with Gasteiger partial charge in [0.05, 0.1) is 17.9 Å². The highest BCUT2D eigenvalue weighted by molar-refractivity contribution is 7.98. The molecule has 0 amide bonds. The number of hydrogen-bond acceptors (Lipinski definition) is 7. The molecule has 1 aliphatic carbocycles. The van der Waals surface area contributed by atoms with Crippen molar-refractivity contribution in [1.29, 1.82) is 0 Å². The average molecular weight is 441 g/mol. The van der Waals surface area contributed by atoms with Gasteiger partial charge in [-0.3, -0.25) is 9.69 Å². The van der Waals surface area contributed by atoms with Crippen LogP contribution in [0.5, 0.6) is 0 Å². The Kier molecular flexibility index (Phi) is 6.55. The molecule has 31 heavy (non-hydrogen) atoms. The van der Waals surface area contributed by atoms with Crippen molar-refractivity contribution in [3.05, 3.63) is 45.0 Å². The summed E-state index contributed by atoms with van der Waals surface area (Å²) in [6.45, 7) is 3.48. The van der Waals surface area contributed by atoms with Gasteiger partial charge in [-0.15, -0.1) is 5.10 Å². The zero-order valence-corrected chi connectivity index (χ0v) is 19.0. The Morgan fingerprint density at radius 3 is 2.90 bits per heavy atom. The average Bonchev–Trinajstić information content (AvgIpc) is 2.82. The second-order valence-corrected chi connectivity index (χ2v) is 10.1. The van der Waals surface area contributed by atoms with Crippen LogP contribution in [-0.4, -0.2) is 56.3 Å². The van der Waals surface area contributed by atoms with E-state index in [0.29, 0.717) is 12.6 Å². The fourth-order valence-electron chi connectivity index (χ4n) is 5.02. The zero-order chi connectivity index (χ0) is 21.0. The molecule has 0 spiro atoms. The van der Waals surface area contributed by atoms with E-state index in [1.165, 1.54) is 37.7 Å². The summed E-state index contributed by atoms with van der Waals surface area (Å²) in [5.74, 6) is 3.07. The van der Waals surface area contributed by atoms with Gasteiger partial charge in [0.2, 0.25) is 0 Å². The lowest BCUT2D eigenvalue weighted by Gasteiger charge is -2.36. The van der Waals surface area contributed by atoms with Gasteiger partial charge in [-0.1, -0.05) is 6.42 Å². The largest absolute Gasteiger partial charge is 0.367 e. The van der Waals surface area contributed by atoms with Gasteiger partial charge < -0.3 is 5.32 Å². The van der Waals surface area contributed by atoms with Crippen LogP contribution in [0.15, 0.2) is 16.9 Å². The maximum atomic E-state index is 12.5. The fraction of sp³-hybridized carbons (Fsp3) is 0.652. The van der Waals surface area contributed by atoms with E-state index < -0.39 is 0 Å². The van der Waals surface area contributed by atoms with Crippen molar-refractivity contribution in [3.8, 4) is 0 Å². The topological polar surface area (TPSA) is 75.9 Å². The maximum Gasteiger partial charge on any atom is 0.267 e. The van der Waals surface area contributed by atoms with Crippen molar-refractivity contribution < 1.29 is 0 Å². The Bertz CT molecular complexity index is 977. The minimum atomic E-state index is 0.0505. The number of anilines is 1. The molecule has 0 aromatic carbocycles. The Hall–Kier alpha value is -1.93. The lowest BCUT2D eigenvalue weighted by Crippen LogP contribution is -2.46. The molecule has 3 aliphatic rings. The molecule has 1 atom stereocenters. The third kappa shape index (κ3) is 4.95. The molecule has 1 N–H and O–H groups in total. The third-order valence-electron chi connectivity index (χ3n) is 6.84. The minimum absolute atomic E-state index is 0.0505. The summed E-state index contributed by atoms with van der Waals surface area (Å²) in [5.41, 5.74) is 4.83. The molecule has 2 aromatic heterocycles. The summed E-state index contributed by atoms with van der Waals surface area (Å²) < 4.78 is 1.69. The molecule has 7 nitrogen and oxygen atoms in total. The summed E-state index contributed by atoms with van der Waals surface area (Å²) in [7, 11) is 0. The first-order valence-electron chi connectivity index (χ1n) is 11.8. The number of aromatic nitrogens is 4. The van der Waals surface area contributed by atoms with Crippen molar-refractivity contribution in [1.82, 2.24) is 24.9 Å². The van der Waals surface area contributed by atoms with Crippen molar-refractivity contribution in [3.63, 3.8) is 0 Å². The van der Waals surface area contributed by atoms with Crippen molar-refractivity contribution in [2.75, 3.05) is 30.7 Å². The molecular weight excluding hydrogens is 408 g/mol. The van der Waals surface area contributed by atoms with Crippen LogP contribution in [0.3, 0.4) is 0 Å². The highest BCUT2D eigenvalue weighted by Crippen LogP contribution is 2.24. The number of fused-ring (bicyclic) bond motifs is 2. The van der Waals surface area contributed by atoms with E-state index in [-0.39, 0.29) is 5.56 Å². The number of piperidine rings is 1. The van der Waals surface area contributed by atoms with Crippen LogP contribution in [0.1, 0.15) is 54.6 Å². The number of likely N-dealkylation sites (tertiary alicyclic amines) is 1. The van der Waals surface area contributed by atoms with Crippen LogP contribution < -0.4 is 10.9 Å². The molecule has 4 heterocycles. The molecule has 1 unspecified atom stereocenters. The first-order chi connectivity index (χ1) is 15.3. The predicted molar refractivity (Wildman–Crippen MR) is 125 cm³/mol. The molecule has 2 aromatic rings. The Morgan fingerprint density at radius 1 is 1.00 bits per heavy atom. The summed E-state index contributed by atoms with van der Waals surface area (Å²) >= 11 is 1.97. The minimum Gasteiger partial charge on any atom is -0.367 e. The maximum absolute atomic E-state index is 12.5. The van der Waals surface area contributed by atoms with Gasteiger partial charge in [0.1, 0.15) is 5.82 Å². The summed E-state index contributed by atoms with van der Waals surface area (Å²) in [5, 5.41) is 17.1. The predicted octanol–water partition coefficient (Wildman–Crippen LogP) is 2.67. The summed E-state index contributed by atoms with van der Waals surface area (Å²) in [6.07, 6.45) is 9.05. The first-order valence-corrected chi connectivity index (χ1v) is 12.9. The number of nitrogens with zero attached hydrogens (tertiary/aromatic N) is 5. The first kappa shape index (κ1) is 20.9. The van der Waals surface area contributed by atoms with Gasteiger partial charge in [-0.05, 0) is 68.0 Å². The molecule has 5 rings (SSSR count). The molecule has 8 heteroatoms. The number of hydrogen-bond donors (Lipinski definition) is 1. The number of rotatable bonds is 6. The standard InChI is InChI=1S/C23H32N6OS/c30-23-14-17-5-1-2-7-21(17)27-29(23)11-10-28-9-4-3-6-19(28)15-24-22-13-18-16-31-12-8-20(18)25-26-22/h13-14,19H,1-12,15-16H2,(H,24,26). The van der Waals surface area contributed by atoms with Gasteiger partial charge in [-0.2, -0.15) is 22.0 Å². The van der Waals surface area contributed by atoms with E-state index in [2.05, 4.69) is 26.5 Å². The molecule has 1 saturated heterocycles. The lowest BCUT2D eigenvalue weighted by molar-refractivity contribution is 0.147. The van der Waals surface area contributed by atoms with Crippen LogP contribution in [0.25, 0.3) is 0 Å². The van der Waals surface area contributed by atoms with E-state index in [4.69, 9.17) is 5.10 Å². The van der Waals surface area contributed by atoms with Crippen LogP contribution in [0.2, 0.25) is 0 Å². The van der Waals surface area contributed by atoms with E-state index >= 15 is 0 Å². The smallest absolute Gasteiger partial charge is 0.267 e. The van der Waals surface area contributed by atoms with Crippen LogP contribution >= 0.6 is 11.8 Å². The van der Waals surface area contributed by atoms with Crippen molar-refractivity contribution in [2.24, 2.45) is 0 Å². The van der Waals surface area contributed by atoms with Gasteiger partial charge in [-0.25, -0.2) is 4.68 Å². The fourth-order valence-corrected chi connectivity index (χ4v) is 5.97. The van der Waals surface area contributed by atoms with Crippen molar-refractivity contribution in [2.45, 2.75) is 69.7 Å². The normalized spacial score (nSPS) is 21.4. The molecule has 0 radical (unpaired) electrons. The second-order valence-electron chi connectivity index (χ2n) is 8.96. The summed E-state index contributed by atoms with van der Waals surface area (Å²) in [4.78, 5) is 15.0. The van der Waals surface area contributed by atoms with Crippen LogP contribution in [0.4, 0.5) is 5.82 Å². The molecule has 0 bridgehead atoms. The molecule has 2 aliphatic heterocycles. The lowest BCUT2D eigenvalue weighted by atomic mass is 9.97. The highest BCUT2D eigenvalue weighted by Gasteiger charge is 2.23. The van der Waals surface area contributed by atoms with E-state index in [1.807, 2.05) is 17.8 Å². The monoisotopic (exact) mass is 440 g/mol. The quantitative estimate of drug-likeness (QED) is 0.740. The van der Waals surface area contributed by atoms with Gasteiger partial charge >= 0.3 is 0 Å². The van der Waals surface area contributed by atoms with E-state index in [9.17, 15) is 4.79 Å². The van der Waals surface area contributed by atoms with Gasteiger partial charge in [0, 0.05) is 37.4 Å². The Morgan fingerprint density at radius 2 is 1.94 bits per heavy atom. The van der Waals surface area contributed by atoms with E-state index in [0.717, 1.165) is 73.2 Å². The number of thioether (sulfide) groups is 1. The Labute approximate surface area is 188 Å². The third-order valence-corrected chi connectivity index (χ3v) is 7.85. The second kappa shape index (κ2) is 9.69. The molecule has 166 valence electrons. The van der Waals surface area contributed by atoms with Gasteiger partial charge in [0.15, 0.2) is 0 Å². The zero-order valence-electron chi connectivity index (χ0n) is 18.2. The van der Waals surface area contributed by atoms with E-state index in [1.54, 1.807) is 4.68 Å². The number of aryl methyl sites for hydroxylation is 3. The number of nitrogens with one attached hydrogen (secondary N) is 1. The molecule has 0 saturated carbocycles. The molecule has 1 fully saturated rings. The SMILES string of the molecule is O=c1cc2c(nn1CCN1CCCCC1CNc1cc3c(nn1)CCSC3)CCCC2.